The van der Waals surface area contributed by atoms with E-state index in [1.54, 1.807) is 17.9 Å². The van der Waals surface area contributed by atoms with Gasteiger partial charge in [-0.25, -0.2) is 9.37 Å². The first-order chi connectivity index (χ1) is 16.3. The van der Waals surface area contributed by atoms with Gasteiger partial charge in [-0.1, -0.05) is 13.8 Å². The lowest BCUT2D eigenvalue weighted by molar-refractivity contribution is 0.100. The number of carbonyl (C=O) groups excluding carboxylic acids is 1. The van der Waals surface area contributed by atoms with Crippen LogP contribution in [0.25, 0.3) is 10.9 Å². The summed E-state index contributed by atoms with van der Waals surface area (Å²) in [7, 11) is 3.16. The predicted octanol–water partition coefficient (Wildman–Crippen LogP) is 2.85. The average molecular weight is 474 g/mol. The van der Waals surface area contributed by atoms with E-state index in [1.165, 1.54) is 7.11 Å². The number of hydrogen-bond donors (Lipinski definition) is 4. The Bertz CT molecular complexity index is 1150. The van der Waals surface area contributed by atoms with Gasteiger partial charge < -0.3 is 31.6 Å². The van der Waals surface area contributed by atoms with Crippen molar-refractivity contribution in [1.82, 2.24) is 14.8 Å². The number of pyridine rings is 1. The van der Waals surface area contributed by atoms with Crippen LogP contribution in [-0.4, -0.2) is 54.1 Å². The normalized spacial score (nSPS) is 12.2. The lowest BCUT2D eigenvalue weighted by Crippen LogP contribution is -2.31. The van der Waals surface area contributed by atoms with Crippen molar-refractivity contribution >= 4 is 34.1 Å². The van der Waals surface area contributed by atoms with Gasteiger partial charge in [-0.05, 0) is 36.6 Å². The maximum atomic E-state index is 14.7. The number of primary amides is 1. The molecule has 0 aliphatic carbocycles. The Morgan fingerprint density at radius 3 is 2.62 bits per heavy atom. The van der Waals surface area contributed by atoms with E-state index in [-0.39, 0.29) is 23.2 Å². The van der Waals surface area contributed by atoms with Gasteiger partial charge in [0.15, 0.2) is 11.6 Å². The third kappa shape index (κ3) is 5.72. The minimum Gasteiger partial charge on any atom is -0.479 e. The number of halogens is 1. The smallest absolute Gasteiger partial charge is 0.252 e. The summed E-state index contributed by atoms with van der Waals surface area (Å²) in [6, 6.07) is 6.38. The van der Waals surface area contributed by atoms with Gasteiger partial charge in [0.05, 0.1) is 36.7 Å². The first-order valence-corrected chi connectivity index (χ1v) is 11.0. The number of ether oxygens (including phenoxy) is 2. The number of nitrogens with zero attached hydrogens (tertiary/aromatic N) is 3. The average Bonchev–Trinajstić information content (AvgIpc) is 3.15. The van der Waals surface area contributed by atoms with Gasteiger partial charge in [0.25, 0.3) is 5.91 Å². The fourth-order valence-electron chi connectivity index (χ4n) is 3.71. The van der Waals surface area contributed by atoms with Crippen molar-refractivity contribution in [2.24, 2.45) is 17.4 Å². The molecule has 3 aromatic rings. The summed E-state index contributed by atoms with van der Waals surface area (Å²) in [6.45, 7) is 5.47. The number of rotatable bonds is 12. The highest BCUT2D eigenvalue weighted by Crippen LogP contribution is 2.30. The number of anilines is 3. The van der Waals surface area contributed by atoms with E-state index in [9.17, 15) is 9.18 Å². The largest absolute Gasteiger partial charge is 0.479 e. The van der Waals surface area contributed by atoms with Gasteiger partial charge in [0, 0.05) is 25.4 Å². The van der Waals surface area contributed by atoms with E-state index >= 15 is 0 Å². The number of benzene rings is 1. The Balaban J connectivity index is 1.97. The standard InChI is InChI=1S/C23H32FN7O3/c1-13(2)9-15(12-25)28-22-18(24)11-17(20(26)32)21(29-22)27-14-5-6-19-16(10-14)23(34-4)30-31(19)7-8-33-3/h5-6,10-11,13,15H,7-9,12,25H2,1-4H3,(H2,26,32)(H2,27,28,29)/t15-/m1/s1. The zero-order valence-electron chi connectivity index (χ0n) is 19.9. The van der Waals surface area contributed by atoms with Gasteiger partial charge >= 0.3 is 0 Å². The number of fused-ring (bicyclic) bond motifs is 1. The molecule has 2 heterocycles. The Morgan fingerprint density at radius 2 is 2.00 bits per heavy atom. The van der Waals surface area contributed by atoms with Gasteiger partial charge in [-0.3, -0.25) is 9.48 Å². The topological polar surface area (TPSA) is 142 Å². The Kier molecular flexibility index (Phi) is 8.24. The Morgan fingerprint density at radius 1 is 1.24 bits per heavy atom. The molecule has 10 nitrogen and oxygen atoms in total. The first kappa shape index (κ1) is 25.2. The summed E-state index contributed by atoms with van der Waals surface area (Å²) in [5.74, 6) is -0.560. The van der Waals surface area contributed by atoms with Gasteiger partial charge in [-0.15, -0.1) is 5.10 Å². The molecule has 1 aromatic carbocycles. The number of amides is 1. The molecule has 3 rings (SSSR count). The number of hydrogen-bond acceptors (Lipinski definition) is 8. The van der Waals surface area contributed by atoms with Crippen molar-refractivity contribution in [2.75, 3.05) is 38.0 Å². The lowest BCUT2D eigenvalue weighted by atomic mass is 10.0. The van der Waals surface area contributed by atoms with Crippen LogP contribution in [0.1, 0.15) is 30.6 Å². The van der Waals surface area contributed by atoms with E-state index in [4.69, 9.17) is 20.9 Å². The molecular weight excluding hydrogens is 441 g/mol. The van der Waals surface area contributed by atoms with Crippen LogP contribution in [0.3, 0.4) is 0 Å². The summed E-state index contributed by atoms with van der Waals surface area (Å²) >= 11 is 0. The summed E-state index contributed by atoms with van der Waals surface area (Å²) in [5.41, 5.74) is 12.7. The Labute approximate surface area is 197 Å². The third-order valence-electron chi connectivity index (χ3n) is 5.30. The molecule has 0 saturated carbocycles. The van der Waals surface area contributed by atoms with Gasteiger partial charge in [0.1, 0.15) is 5.82 Å². The maximum absolute atomic E-state index is 14.7. The van der Waals surface area contributed by atoms with Crippen molar-refractivity contribution in [3.63, 3.8) is 0 Å². The van der Waals surface area contributed by atoms with E-state index < -0.39 is 11.7 Å². The number of nitrogens with one attached hydrogen (secondary N) is 2. The molecule has 0 aliphatic heterocycles. The van der Waals surface area contributed by atoms with Gasteiger partial charge in [-0.2, -0.15) is 0 Å². The number of carbonyl (C=O) groups is 1. The second-order valence-electron chi connectivity index (χ2n) is 8.37. The lowest BCUT2D eigenvalue weighted by Gasteiger charge is -2.21. The first-order valence-electron chi connectivity index (χ1n) is 11.0. The molecule has 1 atom stereocenters. The molecule has 184 valence electrons. The second kappa shape index (κ2) is 11.1. The van der Waals surface area contributed by atoms with Crippen LogP contribution in [0.2, 0.25) is 0 Å². The van der Waals surface area contributed by atoms with Gasteiger partial charge in [0.2, 0.25) is 5.88 Å². The number of aromatic nitrogens is 3. The monoisotopic (exact) mass is 473 g/mol. The molecule has 34 heavy (non-hydrogen) atoms. The predicted molar refractivity (Wildman–Crippen MR) is 130 cm³/mol. The molecule has 0 radical (unpaired) electrons. The highest BCUT2D eigenvalue weighted by Gasteiger charge is 2.19. The van der Waals surface area contributed by atoms with Crippen molar-refractivity contribution < 1.29 is 18.7 Å². The van der Waals surface area contributed by atoms with E-state index in [0.29, 0.717) is 37.2 Å². The molecular formula is C23H32FN7O3. The molecule has 0 saturated heterocycles. The number of methoxy groups -OCH3 is 2. The third-order valence-corrected chi connectivity index (χ3v) is 5.30. The SMILES string of the molecule is COCCn1nc(OC)c2cc(Nc3nc(N[C@@H](CN)CC(C)C)c(F)cc3C(N)=O)ccc21. The van der Waals surface area contributed by atoms with Crippen LogP contribution in [0.4, 0.5) is 21.7 Å². The molecule has 0 bridgehead atoms. The second-order valence-corrected chi connectivity index (χ2v) is 8.37. The molecule has 0 unspecified atom stereocenters. The Hall–Kier alpha value is -3.44. The summed E-state index contributed by atoms with van der Waals surface area (Å²) in [5, 5.41) is 11.3. The molecule has 2 aromatic heterocycles. The zero-order valence-corrected chi connectivity index (χ0v) is 19.9. The summed E-state index contributed by atoms with van der Waals surface area (Å²) in [4.78, 5) is 16.3. The van der Waals surface area contributed by atoms with E-state index in [1.807, 2.05) is 12.1 Å². The molecule has 11 heteroatoms. The minimum atomic E-state index is -0.802. The molecule has 0 aliphatic rings. The number of nitrogens with two attached hydrogens (primary N) is 2. The van der Waals surface area contributed by atoms with Crippen LogP contribution >= 0.6 is 0 Å². The molecule has 0 fully saturated rings. The minimum absolute atomic E-state index is 0.00496. The van der Waals surface area contributed by atoms with Crippen LogP contribution in [0, 0.1) is 11.7 Å². The highest BCUT2D eigenvalue weighted by atomic mass is 19.1. The van der Waals surface area contributed by atoms with Crippen molar-refractivity contribution in [2.45, 2.75) is 32.9 Å². The highest BCUT2D eigenvalue weighted by molar-refractivity contribution is 5.99. The van der Waals surface area contributed by atoms with E-state index in [0.717, 1.165) is 23.4 Å². The molecule has 6 N–H and O–H groups in total. The van der Waals surface area contributed by atoms with Crippen LogP contribution < -0.4 is 26.8 Å². The molecule has 0 spiro atoms. The molecule has 1 amide bonds. The van der Waals surface area contributed by atoms with Crippen LogP contribution in [0.5, 0.6) is 5.88 Å². The fraction of sp³-hybridized carbons (Fsp3) is 0.435. The van der Waals surface area contributed by atoms with Crippen LogP contribution in [-0.2, 0) is 11.3 Å². The zero-order chi connectivity index (χ0) is 24.8. The van der Waals surface area contributed by atoms with Crippen molar-refractivity contribution in [3.05, 3.63) is 35.6 Å². The van der Waals surface area contributed by atoms with Crippen molar-refractivity contribution in [3.8, 4) is 5.88 Å². The van der Waals surface area contributed by atoms with Crippen molar-refractivity contribution in [1.29, 1.82) is 0 Å². The van der Waals surface area contributed by atoms with Crippen LogP contribution in [0.15, 0.2) is 24.3 Å². The fourth-order valence-corrected chi connectivity index (χ4v) is 3.71. The quantitative estimate of drug-likeness (QED) is 0.315. The summed E-state index contributed by atoms with van der Waals surface area (Å²) < 4.78 is 27.1. The summed E-state index contributed by atoms with van der Waals surface area (Å²) in [6.07, 6.45) is 0.738. The maximum Gasteiger partial charge on any atom is 0.252 e. The van der Waals surface area contributed by atoms with E-state index in [2.05, 4.69) is 34.6 Å².